The van der Waals surface area contributed by atoms with E-state index in [4.69, 9.17) is 9.47 Å². The van der Waals surface area contributed by atoms with Gasteiger partial charge in [0, 0.05) is 11.1 Å². The Morgan fingerprint density at radius 2 is 1.65 bits per heavy atom. The number of phenols is 1. The Morgan fingerprint density at radius 3 is 2.27 bits per heavy atom. The topological polar surface area (TPSA) is 96.3 Å². The number of carbonyl (C=O) groups is 2. The molecule has 210 valence electrons. The van der Waals surface area contributed by atoms with Gasteiger partial charge >= 0.3 is 0 Å². The van der Waals surface area contributed by atoms with Crippen LogP contribution in [0.1, 0.15) is 75.8 Å². The molecule has 1 saturated heterocycles. The lowest BCUT2D eigenvalue weighted by Gasteiger charge is -2.28. The van der Waals surface area contributed by atoms with E-state index >= 15 is 0 Å². The summed E-state index contributed by atoms with van der Waals surface area (Å²) < 4.78 is 11.9. The van der Waals surface area contributed by atoms with E-state index in [1.807, 2.05) is 65.8 Å². The summed E-state index contributed by atoms with van der Waals surface area (Å²) in [5.41, 5.74) is 2.14. The van der Waals surface area contributed by atoms with Gasteiger partial charge < -0.3 is 24.6 Å². The Balaban J connectivity index is 1.86. The molecule has 4 rings (SSSR count). The molecule has 0 aromatic heterocycles. The van der Waals surface area contributed by atoms with Crippen molar-refractivity contribution in [3.8, 4) is 17.2 Å². The zero-order chi connectivity index (χ0) is 29.2. The van der Waals surface area contributed by atoms with E-state index < -0.39 is 23.3 Å². The molecule has 1 unspecified atom stereocenters. The monoisotopic (exact) mass is 543 g/mol. The minimum Gasteiger partial charge on any atom is -0.508 e. The Labute approximate surface area is 235 Å². The lowest BCUT2D eigenvalue weighted by Crippen LogP contribution is -2.30. The first-order chi connectivity index (χ1) is 18.9. The van der Waals surface area contributed by atoms with Gasteiger partial charge in [0.2, 0.25) is 0 Å². The zero-order valence-electron chi connectivity index (χ0n) is 23.9. The van der Waals surface area contributed by atoms with Crippen LogP contribution >= 0.6 is 0 Å². The van der Waals surface area contributed by atoms with Gasteiger partial charge in [-0.05, 0) is 81.1 Å². The first-order valence-electron chi connectivity index (χ1n) is 13.5. The predicted octanol–water partition coefficient (Wildman–Crippen LogP) is 6.71. The van der Waals surface area contributed by atoms with Crippen LogP contribution in [-0.2, 0) is 16.1 Å². The number of likely N-dealkylation sites (tertiary alicyclic amines) is 1. The molecular weight excluding hydrogens is 506 g/mol. The van der Waals surface area contributed by atoms with Crippen molar-refractivity contribution in [1.82, 2.24) is 4.90 Å². The number of nitrogens with zero attached hydrogens (tertiary/aromatic N) is 1. The molecule has 0 bridgehead atoms. The highest BCUT2D eigenvalue weighted by Gasteiger charge is 2.46. The highest BCUT2D eigenvalue weighted by Crippen LogP contribution is 2.42. The van der Waals surface area contributed by atoms with E-state index in [0.29, 0.717) is 29.2 Å². The third-order valence-electron chi connectivity index (χ3n) is 6.68. The Kier molecular flexibility index (Phi) is 8.24. The number of ether oxygens (including phenoxy) is 2. The molecule has 1 amide bonds. The summed E-state index contributed by atoms with van der Waals surface area (Å²) in [6.45, 7) is 12.3. The summed E-state index contributed by atoms with van der Waals surface area (Å²) >= 11 is 0. The molecule has 1 atom stereocenters. The van der Waals surface area contributed by atoms with Crippen molar-refractivity contribution < 1.29 is 29.3 Å². The molecule has 3 aromatic rings. The number of rotatable bonds is 8. The second kappa shape index (κ2) is 11.5. The van der Waals surface area contributed by atoms with E-state index in [-0.39, 0.29) is 29.5 Å². The summed E-state index contributed by atoms with van der Waals surface area (Å²) in [5, 5.41) is 21.5. The number of para-hydroxylation sites is 1. The maximum atomic E-state index is 13.6. The maximum Gasteiger partial charge on any atom is 0.295 e. The molecule has 7 heteroatoms. The van der Waals surface area contributed by atoms with Crippen LogP contribution < -0.4 is 9.47 Å². The summed E-state index contributed by atoms with van der Waals surface area (Å²) in [6.07, 6.45) is 0. The van der Waals surface area contributed by atoms with Crippen molar-refractivity contribution in [1.29, 1.82) is 0 Å². The summed E-state index contributed by atoms with van der Waals surface area (Å²) in [6, 6.07) is 18.1. The van der Waals surface area contributed by atoms with E-state index in [2.05, 4.69) is 0 Å². The smallest absolute Gasteiger partial charge is 0.295 e. The molecule has 0 radical (unpaired) electrons. The predicted molar refractivity (Wildman–Crippen MR) is 154 cm³/mol. The van der Waals surface area contributed by atoms with Gasteiger partial charge in [0.1, 0.15) is 28.6 Å². The van der Waals surface area contributed by atoms with Gasteiger partial charge in [-0.25, -0.2) is 0 Å². The Morgan fingerprint density at radius 1 is 0.975 bits per heavy atom. The largest absolute Gasteiger partial charge is 0.508 e. The van der Waals surface area contributed by atoms with Crippen molar-refractivity contribution in [2.24, 2.45) is 0 Å². The molecule has 3 aromatic carbocycles. The second-order valence-corrected chi connectivity index (χ2v) is 11.2. The number of Topliss-reactive ketones (excluding diaryl/α,β-unsaturated/α-hetero) is 1. The number of aliphatic hydroxyl groups is 1. The van der Waals surface area contributed by atoms with Gasteiger partial charge in [0.15, 0.2) is 0 Å². The minimum absolute atomic E-state index is 0.0104. The highest BCUT2D eigenvalue weighted by molar-refractivity contribution is 6.46. The van der Waals surface area contributed by atoms with E-state index in [1.54, 1.807) is 30.3 Å². The highest BCUT2D eigenvalue weighted by atomic mass is 16.5. The standard InChI is InChI=1S/C33H37NO6/c1-7-39-27-17-14-22(18-25(27)20(2)3)30(36)28-29(21-12-15-24(35)16-13-21)34(32(38)31(28)37)19-23-10-8-9-11-26(23)40-33(4,5)6/h8-18,20,29,35-36H,7,19H2,1-6H3/b30-28-. The van der Waals surface area contributed by atoms with Crippen LogP contribution in [0.3, 0.4) is 0 Å². The normalized spacial score (nSPS) is 17.0. The van der Waals surface area contributed by atoms with Crippen LogP contribution in [-0.4, -0.2) is 39.0 Å². The quantitative estimate of drug-likeness (QED) is 0.186. The first kappa shape index (κ1) is 28.7. The van der Waals surface area contributed by atoms with Gasteiger partial charge in [-0.3, -0.25) is 9.59 Å². The third-order valence-corrected chi connectivity index (χ3v) is 6.68. The summed E-state index contributed by atoms with van der Waals surface area (Å²) in [7, 11) is 0. The van der Waals surface area contributed by atoms with Crippen molar-refractivity contribution >= 4 is 17.4 Å². The van der Waals surface area contributed by atoms with Crippen LogP contribution in [0.15, 0.2) is 72.3 Å². The molecule has 40 heavy (non-hydrogen) atoms. The number of carbonyl (C=O) groups excluding carboxylic acids is 2. The van der Waals surface area contributed by atoms with Crippen LogP contribution in [0.5, 0.6) is 17.2 Å². The summed E-state index contributed by atoms with van der Waals surface area (Å²) in [5.74, 6) is -0.288. The SMILES string of the molecule is CCOc1ccc(/C(O)=C2/C(=O)C(=O)N(Cc3ccccc3OC(C)(C)C)C2c2ccc(O)cc2)cc1C(C)C. The van der Waals surface area contributed by atoms with Crippen molar-refractivity contribution in [3.05, 3.63) is 94.6 Å². The van der Waals surface area contributed by atoms with E-state index in [9.17, 15) is 19.8 Å². The van der Waals surface area contributed by atoms with Gasteiger partial charge in [-0.1, -0.05) is 44.2 Å². The molecule has 0 spiro atoms. The van der Waals surface area contributed by atoms with Crippen molar-refractivity contribution in [2.75, 3.05) is 6.61 Å². The Hall–Kier alpha value is -4.26. The van der Waals surface area contributed by atoms with Gasteiger partial charge in [0.25, 0.3) is 11.7 Å². The number of amides is 1. The van der Waals surface area contributed by atoms with Gasteiger partial charge in [-0.2, -0.15) is 0 Å². The molecule has 1 heterocycles. The van der Waals surface area contributed by atoms with E-state index in [1.165, 1.54) is 17.0 Å². The molecule has 7 nitrogen and oxygen atoms in total. The molecule has 1 aliphatic rings. The molecule has 1 aliphatic heterocycles. The maximum absolute atomic E-state index is 13.6. The lowest BCUT2D eigenvalue weighted by atomic mass is 9.93. The molecule has 1 fully saturated rings. The van der Waals surface area contributed by atoms with Crippen LogP contribution in [0.4, 0.5) is 0 Å². The van der Waals surface area contributed by atoms with Crippen LogP contribution in [0.25, 0.3) is 5.76 Å². The van der Waals surface area contributed by atoms with Crippen LogP contribution in [0, 0.1) is 0 Å². The number of hydrogen-bond donors (Lipinski definition) is 2. The minimum atomic E-state index is -0.877. The van der Waals surface area contributed by atoms with Gasteiger partial charge in [0.05, 0.1) is 24.8 Å². The average molecular weight is 544 g/mol. The number of phenolic OH excluding ortho intramolecular Hbond substituents is 1. The van der Waals surface area contributed by atoms with Crippen molar-refractivity contribution in [2.45, 2.75) is 65.6 Å². The second-order valence-electron chi connectivity index (χ2n) is 11.2. The first-order valence-corrected chi connectivity index (χ1v) is 13.5. The fourth-order valence-electron chi connectivity index (χ4n) is 4.88. The molecule has 2 N–H and O–H groups in total. The number of benzene rings is 3. The number of aromatic hydroxyl groups is 1. The van der Waals surface area contributed by atoms with Gasteiger partial charge in [-0.15, -0.1) is 0 Å². The average Bonchev–Trinajstić information content (AvgIpc) is 3.14. The van der Waals surface area contributed by atoms with E-state index in [0.717, 1.165) is 11.1 Å². The molecule has 0 saturated carbocycles. The molecular formula is C33H37NO6. The van der Waals surface area contributed by atoms with Crippen LogP contribution in [0.2, 0.25) is 0 Å². The lowest BCUT2D eigenvalue weighted by molar-refractivity contribution is -0.140. The number of hydrogen-bond acceptors (Lipinski definition) is 6. The fourth-order valence-corrected chi connectivity index (χ4v) is 4.88. The third kappa shape index (κ3) is 5.98. The molecule has 0 aliphatic carbocycles. The number of aliphatic hydroxyl groups excluding tert-OH is 1. The fraction of sp³-hybridized carbons (Fsp3) is 0.333. The van der Waals surface area contributed by atoms with Crippen molar-refractivity contribution in [3.63, 3.8) is 0 Å². The number of ketones is 1. The summed E-state index contributed by atoms with van der Waals surface area (Å²) in [4.78, 5) is 28.5. The zero-order valence-corrected chi connectivity index (χ0v) is 23.9. The Bertz CT molecular complexity index is 1430.